The summed E-state index contributed by atoms with van der Waals surface area (Å²) in [6, 6.07) is 16.3. The lowest BCUT2D eigenvalue weighted by atomic mass is 9.73. The highest BCUT2D eigenvalue weighted by Gasteiger charge is 2.30. The summed E-state index contributed by atoms with van der Waals surface area (Å²) < 4.78 is 5.59. The van der Waals surface area contributed by atoms with Crippen LogP contribution in [-0.2, 0) is 6.42 Å². The molecule has 31 heavy (non-hydrogen) atoms. The van der Waals surface area contributed by atoms with Crippen LogP contribution in [0.5, 0.6) is 5.75 Å². The number of anilines is 1. The molecule has 0 saturated carbocycles. The minimum absolute atomic E-state index is 0.132. The number of nitrogens with two attached hydrogens (primary N) is 1. The molecule has 2 aromatic carbocycles. The lowest BCUT2D eigenvalue weighted by Gasteiger charge is -2.32. The molecule has 0 bridgehead atoms. The lowest BCUT2D eigenvalue weighted by Crippen LogP contribution is -2.37. The van der Waals surface area contributed by atoms with Crippen molar-refractivity contribution in [3.05, 3.63) is 91.8 Å². The third kappa shape index (κ3) is 4.09. The number of benzene rings is 2. The maximum atomic E-state index is 12.6. The molecule has 1 heterocycles. The largest absolute Gasteiger partial charge is 0.496 e. The molecule has 1 aliphatic carbocycles. The Hall–Kier alpha value is -3.81. The second-order valence-electron chi connectivity index (χ2n) is 7.71. The Morgan fingerprint density at radius 2 is 1.81 bits per heavy atom. The second kappa shape index (κ2) is 8.51. The van der Waals surface area contributed by atoms with Gasteiger partial charge in [-0.3, -0.25) is 14.6 Å². The molecule has 2 atom stereocenters. The van der Waals surface area contributed by atoms with Gasteiger partial charge in [-0.2, -0.15) is 0 Å². The lowest BCUT2D eigenvalue weighted by molar-refractivity contribution is 0.0940. The summed E-state index contributed by atoms with van der Waals surface area (Å²) in [5.74, 6) is 0.547. The highest BCUT2D eigenvalue weighted by Crippen LogP contribution is 2.42. The zero-order chi connectivity index (χ0) is 22.0. The van der Waals surface area contributed by atoms with Gasteiger partial charge < -0.3 is 20.8 Å². The van der Waals surface area contributed by atoms with Crippen molar-refractivity contribution in [1.82, 2.24) is 15.3 Å². The fourth-order valence-corrected chi connectivity index (χ4v) is 4.32. The van der Waals surface area contributed by atoms with E-state index in [1.807, 2.05) is 35.3 Å². The third-order valence-electron chi connectivity index (χ3n) is 5.78. The van der Waals surface area contributed by atoms with Crippen LogP contribution >= 0.6 is 0 Å². The summed E-state index contributed by atoms with van der Waals surface area (Å²) >= 11 is 0. The number of amides is 1. The van der Waals surface area contributed by atoms with E-state index in [0.29, 0.717) is 6.54 Å². The Morgan fingerprint density at radius 1 is 1.10 bits per heavy atom. The van der Waals surface area contributed by atoms with Crippen LogP contribution in [0.1, 0.15) is 39.5 Å². The third-order valence-corrected chi connectivity index (χ3v) is 5.78. The van der Waals surface area contributed by atoms with Gasteiger partial charge in [-0.25, -0.2) is 4.79 Å². The van der Waals surface area contributed by atoms with Crippen molar-refractivity contribution in [1.29, 1.82) is 0 Å². The Morgan fingerprint density at radius 3 is 2.58 bits per heavy atom. The number of hydrogen-bond donors (Lipinski definition) is 4. The van der Waals surface area contributed by atoms with Gasteiger partial charge in [-0.15, -0.1) is 0 Å². The quantitative estimate of drug-likeness (QED) is 0.500. The molecule has 8 nitrogen and oxygen atoms in total. The zero-order valence-corrected chi connectivity index (χ0v) is 17.1. The van der Waals surface area contributed by atoms with Crippen molar-refractivity contribution < 1.29 is 9.53 Å². The average molecular weight is 420 g/mol. The Labute approximate surface area is 178 Å². The fourth-order valence-electron chi connectivity index (χ4n) is 4.32. The van der Waals surface area contributed by atoms with Crippen LogP contribution < -0.4 is 27.0 Å². The number of aromatic nitrogens is 2. The Kier molecular flexibility index (Phi) is 5.62. The minimum Gasteiger partial charge on any atom is -0.496 e. The molecular weight excluding hydrogens is 396 g/mol. The van der Waals surface area contributed by atoms with E-state index in [-0.39, 0.29) is 23.2 Å². The second-order valence-corrected chi connectivity index (χ2v) is 7.71. The summed E-state index contributed by atoms with van der Waals surface area (Å²) in [7, 11) is 1.66. The van der Waals surface area contributed by atoms with E-state index >= 15 is 0 Å². The van der Waals surface area contributed by atoms with Crippen LogP contribution in [0.2, 0.25) is 0 Å². The standard InChI is InChI=1S/C23H24N4O4/c1-31-18-9-5-4-8-16(18)17-11-13(10-14-6-2-3-7-15(14)17)12-25-22(29)20-19(24)21(28)27-23(30)26-20/h2-9,13,17H,10-12,24H2,1H3,(H,25,29)(H2,26,27,28,30)/t13-,17-/m1/s1. The van der Waals surface area contributed by atoms with Gasteiger partial charge in [0.25, 0.3) is 11.5 Å². The Bertz CT molecular complexity index is 1230. The summed E-state index contributed by atoms with van der Waals surface area (Å²) in [6.07, 6.45) is 1.63. The zero-order valence-electron chi connectivity index (χ0n) is 17.1. The first-order chi connectivity index (χ1) is 15.0. The van der Waals surface area contributed by atoms with Gasteiger partial charge in [0.1, 0.15) is 17.1 Å². The predicted octanol–water partition coefficient (Wildman–Crippen LogP) is 1.78. The average Bonchev–Trinajstić information content (AvgIpc) is 2.79. The van der Waals surface area contributed by atoms with Crippen LogP contribution in [0, 0.1) is 5.92 Å². The smallest absolute Gasteiger partial charge is 0.326 e. The molecule has 3 aromatic rings. The minimum atomic E-state index is -0.781. The van der Waals surface area contributed by atoms with Crippen LogP contribution in [0.4, 0.5) is 5.69 Å². The van der Waals surface area contributed by atoms with Gasteiger partial charge in [-0.05, 0) is 36.0 Å². The number of aromatic amines is 2. The van der Waals surface area contributed by atoms with Crippen molar-refractivity contribution in [2.45, 2.75) is 18.8 Å². The molecule has 8 heteroatoms. The number of methoxy groups -OCH3 is 1. The normalized spacial score (nSPS) is 17.6. The van der Waals surface area contributed by atoms with Gasteiger partial charge in [0.05, 0.1) is 7.11 Å². The van der Waals surface area contributed by atoms with E-state index in [1.54, 1.807) is 7.11 Å². The van der Waals surface area contributed by atoms with Gasteiger partial charge >= 0.3 is 5.69 Å². The van der Waals surface area contributed by atoms with Crippen molar-refractivity contribution in [2.75, 3.05) is 19.4 Å². The predicted molar refractivity (Wildman–Crippen MR) is 118 cm³/mol. The van der Waals surface area contributed by atoms with Crippen molar-refractivity contribution in [2.24, 2.45) is 5.92 Å². The monoisotopic (exact) mass is 420 g/mol. The molecule has 1 amide bonds. The molecule has 160 valence electrons. The first-order valence-electron chi connectivity index (χ1n) is 10.1. The van der Waals surface area contributed by atoms with E-state index in [1.165, 1.54) is 11.1 Å². The maximum Gasteiger partial charge on any atom is 0.326 e. The Balaban J connectivity index is 1.58. The molecule has 0 spiro atoms. The van der Waals surface area contributed by atoms with Gasteiger partial charge in [0.15, 0.2) is 0 Å². The molecule has 0 fully saturated rings. The van der Waals surface area contributed by atoms with Crippen molar-refractivity contribution in [3.63, 3.8) is 0 Å². The number of ether oxygens (including phenoxy) is 1. The number of hydrogen-bond acceptors (Lipinski definition) is 5. The molecule has 4 rings (SSSR count). The first kappa shape index (κ1) is 20.5. The summed E-state index contributed by atoms with van der Waals surface area (Å²) in [6.45, 7) is 0.382. The maximum absolute atomic E-state index is 12.6. The fraction of sp³-hybridized carbons (Fsp3) is 0.261. The molecule has 0 unspecified atom stereocenters. The van der Waals surface area contributed by atoms with Crippen molar-refractivity contribution >= 4 is 11.6 Å². The summed E-state index contributed by atoms with van der Waals surface area (Å²) in [5.41, 5.74) is 7.19. The number of para-hydroxylation sites is 1. The SMILES string of the molecule is COc1ccccc1[C@@H]1C[C@H](CNC(=O)c2[nH]c(=O)[nH]c(=O)c2N)Cc2ccccc21. The number of carbonyl (C=O) groups excluding carboxylic acids is 1. The number of carbonyl (C=O) groups is 1. The van der Waals surface area contributed by atoms with E-state index in [9.17, 15) is 14.4 Å². The van der Waals surface area contributed by atoms with Crippen molar-refractivity contribution in [3.8, 4) is 5.75 Å². The van der Waals surface area contributed by atoms with E-state index in [4.69, 9.17) is 10.5 Å². The number of nitrogen functional groups attached to an aromatic ring is 1. The van der Waals surface area contributed by atoms with E-state index in [0.717, 1.165) is 24.2 Å². The molecule has 1 aliphatic rings. The van der Waals surface area contributed by atoms with Gasteiger partial charge in [0.2, 0.25) is 0 Å². The van der Waals surface area contributed by atoms with Crippen LogP contribution in [-0.4, -0.2) is 29.5 Å². The number of nitrogens with one attached hydrogen (secondary N) is 3. The summed E-state index contributed by atoms with van der Waals surface area (Å²) in [5, 5.41) is 2.82. The van der Waals surface area contributed by atoms with Gasteiger partial charge in [0, 0.05) is 18.0 Å². The van der Waals surface area contributed by atoms with Crippen LogP contribution in [0.25, 0.3) is 0 Å². The topological polar surface area (TPSA) is 130 Å². The highest BCUT2D eigenvalue weighted by molar-refractivity contribution is 5.96. The molecule has 0 aliphatic heterocycles. The van der Waals surface area contributed by atoms with E-state index < -0.39 is 17.2 Å². The molecule has 1 aromatic heterocycles. The van der Waals surface area contributed by atoms with E-state index in [2.05, 4.69) is 28.5 Å². The summed E-state index contributed by atoms with van der Waals surface area (Å²) in [4.78, 5) is 40.1. The number of fused-ring (bicyclic) bond motifs is 1. The highest BCUT2D eigenvalue weighted by atomic mass is 16.5. The first-order valence-corrected chi connectivity index (χ1v) is 10.1. The molecule has 5 N–H and O–H groups in total. The molecule has 0 saturated heterocycles. The molecular formula is C23H24N4O4. The number of H-pyrrole nitrogens is 2. The van der Waals surface area contributed by atoms with Crippen LogP contribution in [0.3, 0.4) is 0 Å². The van der Waals surface area contributed by atoms with Crippen LogP contribution in [0.15, 0.2) is 58.1 Å². The molecule has 0 radical (unpaired) electrons. The number of rotatable bonds is 5. The van der Waals surface area contributed by atoms with Gasteiger partial charge in [-0.1, -0.05) is 42.5 Å².